The third-order valence-corrected chi connectivity index (χ3v) is 4.01. The molecule has 3 N–H and O–H groups in total. The normalized spacial score (nSPS) is 12.4. The first-order valence-electron chi connectivity index (χ1n) is 6.18. The fourth-order valence-corrected chi connectivity index (χ4v) is 2.54. The van der Waals surface area contributed by atoms with E-state index in [-0.39, 0.29) is 0 Å². The molecule has 20 heavy (non-hydrogen) atoms. The predicted octanol–water partition coefficient (Wildman–Crippen LogP) is 3.78. The maximum Gasteiger partial charge on any atom is 0.130 e. The molecule has 2 aromatic rings. The quantitative estimate of drug-likeness (QED) is 0.656. The molecule has 0 fully saturated rings. The Balaban J connectivity index is 2.34. The van der Waals surface area contributed by atoms with Gasteiger partial charge >= 0.3 is 0 Å². The topological polar surface area (TPSA) is 38.0 Å². The first-order valence-corrected chi connectivity index (χ1v) is 6.97. The summed E-state index contributed by atoms with van der Waals surface area (Å²) in [6.07, 6.45) is 0.500. The summed E-state index contributed by atoms with van der Waals surface area (Å²) in [6, 6.07) is 9.62. The number of hydrogen-bond acceptors (Lipinski definition) is 2. The van der Waals surface area contributed by atoms with Crippen molar-refractivity contribution in [3.8, 4) is 0 Å². The lowest BCUT2D eigenvalue weighted by atomic mass is 9.97. The van der Waals surface area contributed by atoms with Gasteiger partial charge in [-0.2, -0.15) is 0 Å². The molecule has 2 rings (SSSR count). The summed E-state index contributed by atoms with van der Waals surface area (Å²) in [5, 5.41) is 0. The van der Waals surface area contributed by atoms with Gasteiger partial charge in [0, 0.05) is 16.1 Å². The molecule has 0 radical (unpaired) electrons. The average molecular weight is 341 g/mol. The van der Waals surface area contributed by atoms with Gasteiger partial charge in [0.15, 0.2) is 0 Å². The number of halogens is 3. The van der Waals surface area contributed by atoms with Crippen LogP contribution in [0.3, 0.4) is 0 Å². The van der Waals surface area contributed by atoms with Crippen molar-refractivity contribution in [2.45, 2.75) is 19.4 Å². The van der Waals surface area contributed by atoms with Gasteiger partial charge in [0.05, 0.1) is 6.04 Å². The molecule has 1 atom stereocenters. The summed E-state index contributed by atoms with van der Waals surface area (Å²) < 4.78 is 28.2. The molecule has 1 unspecified atom stereocenters. The zero-order chi connectivity index (χ0) is 14.7. The average Bonchev–Trinajstić information content (AvgIpc) is 2.42. The summed E-state index contributed by atoms with van der Waals surface area (Å²) >= 11 is 3.45. The second kappa shape index (κ2) is 6.43. The third-order valence-electron chi connectivity index (χ3n) is 3.24. The highest BCUT2D eigenvalue weighted by atomic mass is 79.9. The Morgan fingerprint density at radius 3 is 2.55 bits per heavy atom. The Labute approximate surface area is 125 Å². The highest BCUT2D eigenvalue weighted by Crippen LogP contribution is 2.26. The Kier molecular flexibility index (Phi) is 4.86. The number of rotatable bonds is 4. The van der Waals surface area contributed by atoms with Crippen molar-refractivity contribution in [1.82, 2.24) is 5.43 Å². The molecule has 0 bridgehead atoms. The molecule has 0 spiro atoms. The minimum Gasteiger partial charge on any atom is -0.271 e. The molecule has 0 saturated heterocycles. The van der Waals surface area contributed by atoms with E-state index in [0.29, 0.717) is 17.5 Å². The van der Waals surface area contributed by atoms with Crippen molar-refractivity contribution >= 4 is 15.9 Å². The molecule has 0 aliphatic heterocycles. The summed E-state index contributed by atoms with van der Waals surface area (Å²) in [4.78, 5) is 0. The molecule has 5 heteroatoms. The molecule has 0 aromatic heterocycles. The number of nitrogens with two attached hydrogens (primary N) is 1. The highest BCUT2D eigenvalue weighted by molar-refractivity contribution is 9.10. The first kappa shape index (κ1) is 15.1. The van der Waals surface area contributed by atoms with Crippen LogP contribution in [0.4, 0.5) is 8.78 Å². The van der Waals surface area contributed by atoms with Crippen LogP contribution in [0.5, 0.6) is 0 Å². The van der Waals surface area contributed by atoms with Crippen LogP contribution >= 0.6 is 15.9 Å². The second-order valence-corrected chi connectivity index (χ2v) is 5.49. The molecule has 0 aliphatic carbocycles. The van der Waals surface area contributed by atoms with Crippen molar-refractivity contribution in [2.75, 3.05) is 0 Å². The fourth-order valence-electron chi connectivity index (χ4n) is 2.09. The van der Waals surface area contributed by atoms with E-state index in [2.05, 4.69) is 21.4 Å². The van der Waals surface area contributed by atoms with Gasteiger partial charge in [0.2, 0.25) is 0 Å². The van der Waals surface area contributed by atoms with Crippen molar-refractivity contribution in [2.24, 2.45) is 5.84 Å². The number of benzene rings is 2. The van der Waals surface area contributed by atoms with Crippen LogP contribution in [0, 0.1) is 18.6 Å². The Hall–Kier alpha value is -1.30. The maximum absolute atomic E-state index is 13.9. The lowest BCUT2D eigenvalue weighted by Crippen LogP contribution is -2.30. The molecule has 0 saturated carbocycles. The van der Waals surface area contributed by atoms with E-state index in [9.17, 15) is 8.78 Å². The van der Waals surface area contributed by atoms with E-state index in [4.69, 9.17) is 5.84 Å². The molecule has 2 aromatic carbocycles. The van der Waals surface area contributed by atoms with Crippen LogP contribution in [0.25, 0.3) is 0 Å². The van der Waals surface area contributed by atoms with Crippen LogP contribution in [0.1, 0.15) is 22.7 Å². The van der Waals surface area contributed by atoms with Gasteiger partial charge in [0.1, 0.15) is 11.6 Å². The SMILES string of the molecule is Cc1cc(C(Cc2ccccc2Br)NN)c(F)cc1F. The van der Waals surface area contributed by atoms with E-state index in [1.54, 1.807) is 6.92 Å². The van der Waals surface area contributed by atoms with Crippen molar-refractivity contribution in [3.05, 3.63) is 69.2 Å². The molecule has 0 heterocycles. The summed E-state index contributed by atoms with van der Waals surface area (Å²) in [7, 11) is 0. The van der Waals surface area contributed by atoms with E-state index >= 15 is 0 Å². The molecule has 0 aliphatic rings. The Bertz CT molecular complexity index is 617. The van der Waals surface area contributed by atoms with Gasteiger partial charge in [-0.25, -0.2) is 8.78 Å². The molecular weight excluding hydrogens is 326 g/mol. The number of aryl methyl sites for hydroxylation is 1. The van der Waals surface area contributed by atoms with E-state index in [1.807, 2.05) is 24.3 Å². The van der Waals surface area contributed by atoms with Crippen LogP contribution in [0.15, 0.2) is 40.9 Å². The van der Waals surface area contributed by atoms with Crippen LogP contribution in [0.2, 0.25) is 0 Å². The summed E-state index contributed by atoms with van der Waals surface area (Å²) in [6.45, 7) is 1.60. The highest BCUT2D eigenvalue weighted by Gasteiger charge is 2.18. The predicted molar refractivity (Wildman–Crippen MR) is 79.0 cm³/mol. The lowest BCUT2D eigenvalue weighted by molar-refractivity contribution is 0.500. The zero-order valence-corrected chi connectivity index (χ0v) is 12.5. The van der Waals surface area contributed by atoms with E-state index in [1.165, 1.54) is 6.07 Å². The first-order chi connectivity index (χ1) is 9.52. The monoisotopic (exact) mass is 340 g/mol. The van der Waals surface area contributed by atoms with Crippen molar-refractivity contribution < 1.29 is 8.78 Å². The minimum atomic E-state index is -0.594. The Morgan fingerprint density at radius 2 is 1.90 bits per heavy atom. The molecule has 0 amide bonds. The molecule has 106 valence electrons. The van der Waals surface area contributed by atoms with Crippen LogP contribution < -0.4 is 11.3 Å². The van der Waals surface area contributed by atoms with Gasteiger partial charge in [-0.05, 0) is 36.6 Å². The summed E-state index contributed by atoms with van der Waals surface area (Å²) in [5.41, 5.74) is 4.36. The van der Waals surface area contributed by atoms with Gasteiger partial charge in [-0.1, -0.05) is 34.1 Å². The van der Waals surface area contributed by atoms with Crippen LogP contribution in [-0.2, 0) is 6.42 Å². The summed E-state index contributed by atoms with van der Waals surface area (Å²) in [5.74, 6) is 4.39. The van der Waals surface area contributed by atoms with Crippen molar-refractivity contribution in [1.29, 1.82) is 0 Å². The molecular formula is C15H15BrF2N2. The zero-order valence-electron chi connectivity index (χ0n) is 11.0. The van der Waals surface area contributed by atoms with Gasteiger partial charge < -0.3 is 0 Å². The van der Waals surface area contributed by atoms with E-state index in [0.717, 1.165) is 16.1 Å². The minimum absolute atomic E-state index is 0.363. The lowest BCUT2D eigenvalue weighted by Gasteiger charge is -2.18. The third kappa shape index (κ3) is 3.23. The van der Waals surface area contributed by atoms with Gasteiger partial charge in [-0.3, -0.25) is 11.3 Å². The number of nitrogens with one attached hydrogen (secondary N) is 1. The molecule has 2 nitrogen and oxygen atoms in total. The largest absolute Gasteiger partial charge is 0.271 e. The van der Waals surface area contributed by atoms with Gasteiger partial charge in [-0.15, -0.1) is 0 Å². The standard InChI is InChI=1S/C15H15BrF2N2/c1-9-6-11(14(18)8-13(9)17)15(20-19)7-10-4-2-3-5-12(10)16/h2-6,8,15,20H,7,19H2,1H3. The number of hydrogen-bond donors (Lipinski definition) is 2. The number of hydrazine groups is 1. The second-order valence-electron chi connectivity index (χ2n) is 4.64. The van der Waals surface area contributed by atoms with Crippen LogP contribution in [-0.4, -0.2) is 0 Å². The van der Waals surface area contributed by atoms with E-state index < -0.39 is 17.7 Å². The Morgan fingerprint density at radius 1 is 1.20 bits per heavy atom. The maximum atomic E-state index is 13.9. The van der Waals surface area contributed by atoms with Crippen molar-refractivity contribution in [3.63, 3.8) is 0 Å². The van der Waals surface area contributed by atoms with Gasteiger partial charge in [0.25, 0.3) is 0 Å². The smallest absolute Gasteiger partial charge is 0.130 e. The fraction of sp³-hybridized carbons (Fsp3) is 0.200.